The zero-order chi connectivity index (χ0) is 12.8. The van der Waals surface area contributed by atoms with Crippen LogP contribution in [0.3, 0.4) is 0 Å². The fraction of sp³-hybridized carbons (Fsp3) is 0.600. The molecule has 1 aromatic rings. The number of aliphatic hydroxyl groups excluding tert-OH is 1. The summed E-state index contributed by atoms with van der Waals surface area (Å²) in [6.07, 6.45) is 3.07. The Kier molecular flexibility index (Phi) is 4.75. The van der Waals surface area contributed by atoms with Gasteiger partial charge in [0.1, 0.15) is 0 Å². The fourth-order valence-corrected chi connectivity index (χ4v) is 2.63. The molecule has 1 saturated heterocycles. The van der Waals surface area contributed by atoms with Crippen molar-refractivity contribution in [2.45, 2.75) is 37.8 Å². The normalized spacial score (nSPS) is 19.9. The monoisotopic (exact) mass is 249 g/mol. The Morgan fingerprint density at radius 1 is 1.11 bits per heavy atom. The lowest BCUT2D eigenvalue weighted by atomic mass is 9.87. The first-order chi connectivity index (χ1) is 8.72. The standard InChI is InChI=1S/C15H23NO2/c17-12-4-7-15(18)8-10-16(11-9-15)13-14-5-2-1-3-6-14/h1-3,5-6,17-18H,4,7-13H2. The van der Waals surface area contributed by atoms with Crippen LogP contribution in [-0.2, 0) is 6.54 Å². The molecule has 1 aromatic carbocycles. The first-order valence-corrected chi connectivity index (χ1v) is 6.81. The van der Waals surface area contributed by atoms with Gasteiger partial charge in [0.25, 0.3) is 0 Å². The quantitative estimate of drug-likeness (QED) is 0.836. The van der Waals surface area contributed by atoms with Crippen LogP contribution in [-0.4, -0.2) is 40.4 Å². The lowest BCUT2D eigenvalue weighted by Gasteiger charge is -2.38. The van der Waals surface area contributed by atoms with E-state index in [-0.39, 0.29) is 6.61 Å². The minimum Gasteiger partial charge on any atom is -0.396 e. The van der Waals surface area contributed by atoms with E-state index in [4.69, 9.17) is 5.11 Å². The summed E-state index contributed by atoms with van der Waals surface area (Å²) in [6, 6.07) is 10.5. The van der Waals surface area contributed by atoms with E-state index in [0.717, 1.165) is 38.9 Å². The van der Waals surface area contributed by atoms with Gasteiger partial charge < -0.3 is 10.2 Å². The minimum atomic E-state index is -0.546. The summed E-state index contributed by atoms with van der Waals surface area (Å²) in [6.45, 7) is 3.03. The Labute approximate surface area is 109 Å². The molecule has 100 valence electrons. The molecule has 1 heterocycles. The van der Waals surface area contributed by atoms with E-state index in [2.05, 4.69) is 29.2 Å². The molecule has 0 aliphatic carbocycles. The molecule has 3 nitrogen and oxygen atoms in total. The number of likely N-dealkylation sites (tertiary alicyclic amines) is 1. The molecule has 0 saturated carbocycles. The van der Waals surface area contributed by atoms with Crippen LogP contribution in [0.2, 0.25) is 0 Å². The van der Waals surface area contributed by atoms with Gasteiger partial charge in [-0.15, -0.1) is 0 Å². The van der Waals surface area contributed by atoms with Crippen molar-refractivity contribution < 1.29 is 10.2 Å². The molecule has 0 aromatic heterocycles. The summed E-state index contributed by atoms with van der Waals surface area (Å²) >= 11 is 0. The van der Waals surface area contributed by atoms with Gasteiger partial charge in [-0.05, 0) is 31.2 Å². The van der Waals surface area contributed by atoms with Gasteiger partial charge in [0.15, 0.2) is 0 Å². The number of aliphatic hydroxyl groups is 2. The minimum absolute atomic E-state index is 0.177. The van der Waals surface area contributed by atoms with Crippen molar-refractivity contribution in [3.05, 3.63) is 35.9 Å². The summed E-state index contributed by atoms with van der Waals surface area (Å²) in [5, 5.41) is 19.2. The maximum Gasteiger partial charge on any atom is 0.0673 e. The van der Waals surface area contributed by atoms with Crippen molar-refractivity contribution in [1.82, 2.24) is 4.90 Å². The van der Waals surface area contributed by atoms with E-state index in [1.165, 1.54) is 5.56 Å². The maximum atomic E-state index is 10.3. The third kappa shape index (κ3) is 3.80. The van der Waals surface area contributed by atoms with Crippen LogP contribution in [0.4, 0.5) is 0 Å². The van der Waals surface area contributed by atoms with Crippen molar-refractivity contribution in [2.75, 3.05) is 19.7 Å². The first kappa shape index (κ1) is 13.5. The van der Waals surface area contributed by atoms with Gasteiger partial charge in [-0.2, -0.15) is 0 Å². The predicted octanol–water partition coefficient (Wildman–Crippen LogP) is 1.79. The Morgan fingerprint density at radius 3 is 2.39 bits per heavy atom. The fourth-order valence-electron chi connectivity index (χ4n) is 2.63. The molecule has 0 radical (unpaired) electrons. The molecule has 0 unspecified atom stereocenters. The molecule has 1 aliphatic rings. The highest BCUT2D eigenvalue weighted by Crippen LogP contribution is 2.27. The van der Waals surface area contributed by atoms with E-state index in [0.29, 0.717) is 6.42 Å². The van der Waals surface area contributed by atoms with E-state index >= 15 is 0 Å². The van der Waals surface area contributed by atoms with Crippen molar-refractivity contribution in [1.29, 1.82) is 0 Å². The Bertz CT molecular complexity index is 345. The third-order valence-corrected chi connectivity index (χ3v) is 3.84. The number of benzene rings is 1. The van der Waals surface area contributed by atoms with Crippen LogP contribution in [0, 0.1) is 0 Å². The number of hydrogen-bond donors (Lipinski definition) is 2. The molecule has 0 bridgehead atoms. The highest BCUT2D eigenvalue weighted by Gasteiger charge is 2.31. The Balaban J connectivity index is 1.80. The highest BCUT2D eigenvalue weighted by atomic mass is 16.3. The maximum absolute atomic E-state index is 10.3. The van der Waals surface area contributed by atoms with Crippen LogP contribution >= 0.6 is 0 Å². The SMILES string of the molecule is OCCCC1(O)CCN(Cc2ccccc2)CC1. The van der Waals surface area contributed by atoms with Crippen LogP contribution in [0.5, 0.6) is 0 Å². The van der Waals surface area contributed by atoms with Crippen molar-refractivity contribution in [2.24, 2.45) is 0 Å². The molecule has 2 rings (SSSR count). The second kappa shape index (κ2) is 6.32. The van der Waals surface area contributed by atoms with E-state index in [9.17, 15) is 5.11 Å². The topological polar surface area (TPSA) is 43.7 Å². The smallest absolute Gasteiger partial charge is 0.0673 e. The van der Waals surface area contributed by atoms with Gasteiger partial charge in [0, 0.05) is 26.2 Å². The molecular weight excluding hydrogens is 226 g/mol. The van der Waals surface area contributed by atoms with Crippen LogP contribution < -0.4 is 0 Å². The predicted molar refractivity (Wildman–Crippen MR) is 72.2 cm³/mol. The molecule has 0 spiro atoms. The first-order valence-electron chi connectivity index (χ1n) is 6.81. The number of piperidine rings is 1. The average molecular weight is 249 g/mol. The Hall–Kier alpha value is -0.900. The summed E-state index contributed by atoms with van der Waals surface area (Å²) in [7, 11) is 0. The number of nitrogens with zero attached hydrogens (tertiary/aromatic N) is 1. The summed E-state index contributed by atoms with van der Waals surface area (Å²) in [5.74, 6) is 0. The largest absolute Gasteiger partial charge is 0.396 e. The van der Waals surface area contributed by atoms with Crippen molar-refractivity contribution >= 4 is 0 Å². The van der Waals surface area contributed by atoms with Crippen molar-refractivity contribution in [3.8, 4) is 0 Å². The van der Waals surface area contributed by atoms with Gasteiger partial charge in [0.2, 0.25) is 0 Å². The van der Waals surface area contributed by atoms with Crippen LogP contribution in [0.25, 0.3) is 0 Å². The van der Waals surface area contributed by atoms with Crippen LogP contribution in [0.1, 0.15) is 31.2 Å². The summed E-state index contributed by atoms with van der Waals surface area (Å²) in [4.78, 5) is 2.39. The molecular formula is C15H23NO2. The van der Waals surface area contributed by atoms with Gasteiger partial charge in [0.05, 0.1) is 5.60 Å². The third-order valence-electron chi connectivity index (χ3n) is 3.84. The lowest BCUT2D eigenvalue weighted by molar-refractivity contribution is -0.0330. The molecule has 3 heteroatoms. The second-order valence-corrected chi connectivity index (χ2v) is 5.31. The number of rotatable bonds is 5. The molecule has 1 aliphatic heterocycles. The summed E-state index contributed by atoms with van der Waals surface area (Å²) < 4.78 is 0. The zero-order valence-electron chi connectivity index (χ0n) is 10.9. The summed E-state index contributed by atoms with van der Waals surface area (Å²) in [5.41, 5.74) is 0.786. The molecule has 1 fully saturated rings. The van der Waals surface area contributed by atoms with Crippen molar-refractivity contribution in [3.63, 3.8) is 0 Å². The zero-order valence-corrected chi connectivity index (χ0v) is 10.9. The van der Waals surface area contributed by atoms with Crippen LogP contribution in [0.15, 0.2) is 30.3 Å². The molecule has 2 N–H and O–H groups in total. The number of hydrogen-bond acceptors (Lipinski definition) is 3. The Morgan fingerprint density at radius 2 is 1.78 bits per heavy atom. The van der Waals surface area contributed by atoms with E-state index in [1.54, 1.807) is 0 Å². The van der Waals surface area contributed by atoms with Gasteiger partial charge in [-0.1, -0.05) is 30.3 Å². The molecule has 18 heavy (non-hydrogen) atoms. The van der Waals surface area contributed by atoms with E-state index in [1.807, 2.05) is 6.07 Å². The average Bonchev–Trinajstić information content (AvgIpc) is 2.41. The molecule has 0 atom stereocenters. The second-order valence-electron chi connectivity index (χ2n) is 5.31. The highest BCUT2D eigenvalue weighted by molar-refractivity contribution is 5.14. The van der Waals surface area contributed by atoms with Gasteiger partial charge >= 0.3 is 0 Å². The molecule has 0 amide bonds. The van der Waals surface area contributed by atoms with E-state index < -0.39 is 5.60 Å². The van der Waals surface area contributed by atoms with Gasteiger partial charge in [-0.25, -0.2) is 0 Å². The lowest BCUT2D eigenvalue weighted by Crippen LogP contribution is -2.44. The van der Waals surface area contributed by atoms with Gasteiger partial charge in [-0.3, -0.25) is 4.90 Å².